The van der Waals surface area contributed by atoms with Crippen LogP contribution in [-0.4, -0.2) is 14.7 Å². The smallest absolute Gasteiger partial charge is 0.303 e. The Labute approximate surface area is 208 Å². The first kappa shape index (κ1) is 32.2. The average Bonchev–Trinajstić information content (AvgIpc) is 2.46. The van der Waals surface area contributed by atoms with E-state index in [1.54, 1.807) is 0 Å². The largest absolute Gasteiger partial charge is 1.00 e. The zero-order chi connectivity index (χ0) is 19.7. The summed E-state index contributed by atoms with van der Waals surface area (Å²) < 4.78 is 8.88. The van der Waals surface area contributed by atoms with Crippen molar-refractivity contribution in [3.05, 3.63) is 71.8 Å². The van der Waals surface area contributed by atoms with Gasteiger partial charge in [-0.15, -0.1) is 0 Å². The van der Waals surface area contributed by atoms with Crippen LogP contribution < -0.4 is 59.1 Å². The second kappa shape index (κ2) is 14.5. The van der Waals surface area contributed by atoms with Gasteiger partial charge in [0.1, 0.15) is 0 Å². The molecule has 0 fully saturated rings. The van der Waals surface area contributed by atoms with Gasteiger partial charge < -0.3 is 14.7 Å². The van der Waals surface area contributed by atoms with Crippen molar-refractivity contribution in [2.75, 3.05) is 0 Å². The number of rotatable bonds is 0. The van der Waals surface area contributed by atoms with Crippen LogP contribution in [0.15, 0.2) is 48.5 Å². The fraction of sp³-hybridized carbons (Fsp3) is 0.400. The van der Waals surface area contributed by atoms with E-state index in [0.717, 1.165) is 0 Å². The monoisotopic (exact) mass is 410 g/mol. The predicted octanol–water partition coefficient (Wildman–Crippen LogP) is -1.35. The molecule has 2 rings (SSSR count). The third-order valence-corrected chi connectivity index (χ3v) is 3.17. The molecule has 4 nitrogen and oxygen atoms in total. The molecule has 0 heterocycles. The molecule has 0 radical (unpaired) electrons. The summed E-state index contributed by atoms with van der Waals surface area (Å²) in [6, 6.07) is 22.3. The zero-order valence-corrected chi connectivity index (χ0v) is 22.7. The Morgan fingerprint density at radius 1 is 0.667 bits per heavy atom. The van der Waals surface area contributed by atoms with Crippen LogP contribution in [0.3, 0.4) is 0 Å². The van der Waals surface area contributed by atoms with E-state index < -0.39 is 7.82 Å². The minimum atomic E-state index is -4.64. The topological polar surface area (TPSA) is 77.8 Å². The Morgan fingerprint density at radius 3 is 0.963 bits per heavy atom. The first-order chi connectivity index (χ1) is 11.2. The van der Waals surface area contributed by atoms with Gasteiger partial charge in [0.25, 0.3) is 0 Å². The Kier molecular flexibility index (Phi) is 17.3. The third kappa shape index (κ3) is 19.6. The Bertz CT molecular complexity index is 587. The van der Waals surface area contributed by atoms with Gasteiger partial charge in [-0.2, -0.15) is 71.8 Å². The van der Waals surface area contributed by atoms with E-state index in [2.05, 4.69) is 77.9 Å². The second-order valence-electron chi connectivity index (χ2n) is 7.59. The third-order valence-electron chi connectivity index (χ3n) is 3.17. The maximum Gasteiger partial charge on any atom is 1.00 e. The SMILES string of the molecule is CC(C)(C)c1cc[c-]cc1.CC(C)(C)c1cc[c-]cc1.O=P(O)(O)O.[Na+].[Na+]. The molecule has 27 heavy (non-hydrogen) atoms. The van der Waals surface area contributed by atoms with Crippen molar-refractivity contribution in [2.45, 2.75) is 52.4 Å². The molecule has 2 aromatic carbocycles. The van der Waals surface area contributed by atoms with Crippen LogP contribution in [0.1, 0.15) is 52.7 Å². The molecule has 0 aliphatic rings. The summed E-state index contributed by atoms with van der Waals surface area (Å²) in [4.78, 5) is 21.6. The Hall–Kier alpha value is 0.550. The Balaban J connectivity index is -0.000000326. The molecule has 0 spiro atoms. The standard InChI is InChI=1S/2C10H13.2Na.H3O4P/c2*1-10(2,3)9-7-5-4-6-8-9;;;1-5(2,3)4/h2*5-8H,1-3H3;;;(H3,1,2,3,4)/q2*-1;2*+1;. The van der Waals surface area contributed by atoms with Gasteiger partial charge in [0, 0.05) is 0 Å². The molecule has 140 valence electrons. The van der Waals surface area contributed by atoms with Gasteiger partial charge in [0.15, 0.2) is 0 Å². The molecule has 0 aromatic heterocycles. The minimum Gasteiger partial charge on any atom is -0.303 e. The number of benzene rings is 2. The van der Waals surface area contributed by atoms with E-state index in [4.69, 9.17) is 19.2 Å². The summed E-state index contributed by atoms with van der Waals surface area (Å²) in [7, 11) is -4.64. The van der Waals surface area contributed by atoms with E-state index >= 15 is 0 Å². The van der Waals surface area contributed by atoms with E-state index in [1.807, 2.05) is 24.3 Å². The molecule has 0 saturated carbocycles. The van der Waals surface area contributed by atoms with Crippen molar-refractivity contribution in [3.63, 3.8) is 0 Å². The van der Waals surface area contributed by atoms with Crippen molar-refractivity contribution in [3.8, 4) is 0 Å². The summed E-state index contributed by atoms with van der Waals surface area (Å²) in [6.07, 6.45) is 0. The fourth-order valence-electron chi connectivity index (χ4n) is 1.77. The molecule has 0 aliphatic carbocycles. The fourth-order valence-corrected chi connectivity index (χ4v) is 1.77. The van der Waals surface area contributed by atoms with Crippen LogP contribution in [0.4, 0.5) is 0 Å². The van der Waals surface area contributed by atoms with Crippen LogP contribution in [0.2, 0.25) is 0 Å². The van der Waals surface area contributed by atoms with Gasteiger partial charge >= 0.3 is 66.9 Å². The summed E-state index contributed by atoms with van der Waals surface area (Å²) in [5.74, 6) is 0. The molecule has 0 atom stereocenters. The molecule has 3 N–H and O–H groups in total. The maximum atomic E-state index is 8.88. The zero-order valence-electron chi connectivity index (χ0n) is 17.8. The molecule has 0 amide bonds. The molecule has 0 aliphatic heterocycles. The molecular formula is C20H29Na2O4P. The van der Waals surface area contributed by atoms with Crippen molar-refractivity contribution < 1.29 is 78.4 Å². The second-order valence-corrected chi connectivity index (χ2v) is 8.62. The van der Waals surface area contributed by atoms with E-state index in [9.17, 15) is 0 Å². The predicted molar refractivity (Wildman–Crippen MR) is 102 cm³/mol. The Morgan fingerprint density at radius 2 is 0.852 bits per heavy atom. The first-order valence-corrected chi connectivity index (χ1v) is 9.49. The average molecular weight is 410 g/mol. The van der Waals surface area contributed by atoms with Crippen molar-refractivity contribution in [1.82, 2.24) is 0 Å². The minimum absolute atomic E-state index is 0. The van der Waals surface area contributed by atoms with Crippen LogP contribution in [0, 0.1) is 12.1 Å². The van der Waals surface area contributed by atoms with Gasteiger partial charge in [-0.05, 0) is 10.8 Å². The van der Waals surface area contributed by atoms with Gasteiger partial charge in [0.05, 0.1) is 0 Å². The summed E-state index contributed by atoms with van der Waals surface area (Å²) >= 11 is 0. The van der Waals surface area contributed by atoms with Gasteiger partial charge in [-0.25, -0.2) is 4.57 Å². The van der Waals surface area contributed by atoms with E-state index in [0.29, 0.717) is 0 Å². The molecule has 7 heteroatoms. The van der Waals surface area contributed by atoms with Gasteiger partial charge in [0.2, 0.25) is 0 Å². The van der Waals surface area contributed by atoms with Crippen LogP contribution >= 0.6 is 7.82 Å². The molecular weight excluding hydrogens is 381 g/mol. The van der Waals surface area contributed by atoms with Crippen molar-refractivity contribution in [2.24, 2.45) is 0 Å². The summed E-state index contributed by atoms with van der Waals surface area (Å²) in [5.41, 5.74) is 3.28. The molecule has 0 saturated heterocycles. The van der Waals surface area contributed by atoms with Crippen molar-refractivity contribution >= 4 is 7.82 Å². The number of hydrogen-bond acceptors (Lipinski definition) is 1. The maximum absolute atomic E-state index is 8.88. The van der Waals surface area contributed by atoms with Gasteiger partial charge in [-0.3, -0.25) is 0 Å². The van der Waals surface area contributed by atoms with Crippen LogP contribution in [0.25, 0.3) is 0 Å². The molecule has 2 aromatic rings. The summed E-state index contributed by atoms with van der Waals surface area (Å²) in [5, 5.41) is 0. The normalized spacial score (nSPS) is 10.7. The quantitative estimate of drug-likeness (QED) is 0.285. The first-order valence-electron chi connectivity index (χ1n) is 7.93. The van der Waals surface area contributed by atoms with E-state index in [-0.39, 0.29) is 69.9 Å². The summed E-state index contributed by atoms with van der Waals surface area (Å²) in [6.45, 7) is 13.3. The van der Waals surface area contributed by atoms with Crippen LogP contribution in [-0.2, 0) is 15.4 Å². The number of phosphoric acid groups is 1. The molecule has 0 unspecified atom stereocenters. The number of hydrogen-bond donors (Lipinski definition) is 3. The molecule has 0 bridgehead atoms. The van der Waals surface area contributed by atoms with Crippen molar-refractivity contribution in [1.29, 1.82) is 0 Å². The van der Waals surface area contributed by atoms with Crippen LogP contribution in [0.5, 0.6) is 0 Å². The van der Waals surface area contributed by atoms with E-state index in [1.165, 1.54) is 11.1 Å². The van der Waals surface area contributed by atoms with Gasteiger partial charge in [-0.1, -0.05) is 41.5 Å².